The van der Waals surface area contributed by atoms with Crippen molar-refractivity contribution in [2.75, 3.05) is 0 Å². The van der Waals surface area contributed by atoms with Gasteiger partial charge in [-0.3, -0.25) is 0 Å². The van der Waals surface area contributed by atoms with E-state index in [9.17, 15) is 17.6 Å². The van der Waals surface area contributed by atoms with Crippen LogP contribution in [0.1, 0.15) is 11.4 Å². The number of hydrogen-bond acceptors (Lipinski definition) is 5. The van der Waals surface area contributed by atoms with Gasteiger partial charge in [-0.2, -0.15) is 0 Å². The van der Waals surface area contributed by atoms with E-state index < -0.39 is 17.9 Å². The van der Waals surface area contributed by atoms with Gasteiger partial charge in [-0.05, 0) is 26.0 Å². The van der Waals surface area contributed by atoms with Gasteiger partial charge in [0, 0.05) is 11.6 Å². The molecule has 0 aliphatic rings. The maximum absolute atomic E-state index is 14.3. The average Bonchev–Trinajstić information content (AvgIpc) is 2.47. The van der Waals surface area contributed by atoms with E-state index in [0.717, 1.165) is 12.1 Å². The lowest BCUT2D eigenvalue weighted by Gasteiger charge is -2.11. The molecule has 124 valence electrons. The van der Waals surface area contributed by atoms with Crippen LogP contribution in [-0.2, 0) is 0 Å². The number of ether oxygens (including phenoxy) is 1. The molecule has 0 radical (unpaired) electrons. The van der Waals surface area contributed by atoms with Crippen LogP contribution in [0.15, 0.2) is 24.5 Å². The standard InChI is InChI=1S/C15H10F4N4O/c1-7-8(2)23-14-13(22-7)12(20-6-21-14)10-4-3-9(5-11(10)16)24-15(17,18)19/h3-6H,1-2H3. The Morgan fingerprint density at radius 2 is 1.71 bits per heavy atom. The van der Waals surface area contributed by atoms with E-state index in [1.54, 1.807) is 13.8 Å². The molecule has 24 heavy (non-hydrogen) atoms. The molecule has 2 heterocycles. The molecule has 3 aromatic rings. The predicted molar refractivity (Wildman–Crippen MR) is 76.7 cm³/mol. The molecule has 1 aromatic carbocycles. The summed E-state index contributed by atoms with van der Waals surface area (Å²) in [5, 5.41) is 0. The number of aryl methyl sites for hydroxylation is 2. The second-order valence-corrected chi connectivity index (χ2v) is 4.98. The van der Waals surface area contributed by atoms with Gasteiger partial charge in [-0.1, -0.05) is 0 Å². The van der Waals surface area contributed by atoms with E-state index in [0.29, 0.717) is 17.5 Å². The summed E-state index contributed by atoms with van der Waals surface area (Å²) in [6, 6.07) is 2.80. The summed E-state index contributed by atoms with van der Waals surface area (Å²) < 4.78 is 54.6. The Balaban J connectivity index is 2.12. The van der Waals surface area contributed by atoms with E-state index in [1.807, 2.05) is 0 Å². The monoisotopic (exact) mass is 338 g/mol. The third-order valence-electron chi connectivity index (χ3n) is 3.31. The highest BCUT2D eigenvalue weighted by atomic mass is 19.4. The van der Waals surface area contributed by atoms with Crippen LogP contribution in [0.5, 0.6) is 5.75 Å². The number of alkyl halides is 3. The molecule has 0 aliphatic carbocycles. The summed E-state index contributed by atoms with van der Waals surface area (Å²) in [4.78, 5) is 16.5. The van der Waals surface area contributed by atoms with E-state index in [1.165, 1.54) is 6.33 Å². The molecule has 0 saturated carbocycles. The number of benzene rings is 1. The number of nitrogens with zero attached hydrogens (tertiary/aromatic N) is 4. The summed E-state index contributed by atoms with van der Waals surface area (Å²) in [6.07, 6.45) is -3.70. The Morgan fingerprint density at radius 1 is 1.00 bits per heavy atom. The minimum Gasteiger partial charge on any atom is -0.406 e. The number of halogens is 4. The van der Waals surface area contributed by atoms with Crippen LogP contribution in [0, 0.1) is 19.7 Å². The third kappa shape index (κ3) is 3.10. The minimum absolute atomic E-state index is 0.0190. The summed E-state index contributed by atoms with van der Waals surface area (Å²) in [5.41, 5.74) is 1.96. The first-order valence-corrected chi connectivity index (χ1v) is 6.76. The van der Waals surface area contributed by atoms with Crippen LogP contribution in [0.4, 0.5) is 17.6 Å². The lowest BCUT2D eigenvalue weighted by molar-refractivity contribution is -0.274. The Morgan fingerprint density at radius 3 is 2.38 bits per heavy atom. The van der Waals surface area contributed by atoms with Gasteiger partial charge >= 0.3 is 6.36 Å². The molecule has 0 aliphatic heterocycles. The largest absolute Gasteiger partial charge is 0.573 e. The Bertz CT molecular complexity index is 927. The van der Waals surface area contributed by atoms with Gasteiger partial charge in [0.1, 0.15) is 29.1 Å². The molecular weight excluding hydrogens is 328 g/mol. The van der Waals surface area contributed by atoms with Crippen LogP contribution < -0.4 is 4.74 Å². The van der Waals surface area contributed by atoms with Gasteiger partial charge < -0.3 is 4.74 Å². The van der Waals surface area contributed by atoms with Gasteiger partial charge in [0.05, 0.1) is 11.4 Å². The maximum atomic E-state index is 14.3. The van der Waals surface area contributed by atoms with Crippen molar-refractivity contribution in [3.63, 3.8) is 0 Å². The van der Waals surface area contributed by atoms with Crippen LogP contribution >= 0.6 is 0 Å². The number of fused-ring (bicyclic) bond motifs is 1. The van der Waals surface area contributed by atoms with E-state index >= 15 is 0 Å². The molecule has 2 aromatic heterocycles. The smallest absolute Gasteiger partial charge is 0.406 e. The van der Waals surface area contributed by atoms with Crippen molar-refractivity contribution in [2.24, 2.45) is 0 Å². The minimum atomic E-state index is -4.89. The molecule has 0 amide bonds. The fourth-order valence-electron chi connectivity index (χ4n) is 2.12. The van der Waals surface area contributed by atoms with Gasteiger partial charge in [0.2, 0.25) is 0 Å². The van der Waals surface area contributed by atoms with Crippen molar-refractivity contribution < 1.29 is 22.3 Å². The summed E-state index contributed by atoms with van der Waals surface area (Å²) in [7, 11) is 0. The molecule has 0 bridgehead atoms. The van der Waals surface area contributed by atoms with Crippen LogP contribution in [0.25, 0.3) is 22.4 Å². The molecule has 0 unspecified atom stereocenters. The van der Waals surface area contributed by atoms with Crippen molar-refractivity contribution in [1.29, 1.82) is 0 Å². The SMILES string of the molecule is Cc1nc2ncnc(-c3ccc(OC(F)(F)F)cc3F)c2nc1C. The highest BCUT2D eigenvalue weighted by Crippen LogP contribution is 2.30. The predicted octanol–water partition coefficient (Wildman–Crippen LogP) is 3.74. The third-order valence-corrected chi connectivity index (χ3v) is 3.31. The molecule has 0 N–H and O–H groups in total. The molecule has 3 rings (SSSR count). The fourth-order valence-corrected chi connectivity index (χ4v) is 2.12. The van der Waals surface area contributed by atoms with E-state index in [4.69, 9.17) is 0 Å². The lowest BCUT2D eigenvalue weighted by atomic mass is 10.1. The lowest BCUT2D eigenvalue weighted by Crippen LogP contribution is -2.17. The number of aromatic nitrogens is 4. The Kier molecular flexibility index (Phi) is 3.78. The highest BCUT2D eigenvalue weighted by Gasteiger charge is 2.31. The van der Waals surface area contributed by atoms with Crippen LogP contribution in [0.3, 0.4) is 0 Å². The second kappa shape index (κ2) is 5.66. The van der Waals surface area contributed by atoms with Crippen molar-refractivity contribution in [2.45, 2.75) is 20.2 Å². The molecular formula is C15H10F4N4O. The summed E-state index contributed by atoms with van der Waals surface area (Å²) in [6.45, 7) is 3.49. The quantitative estimate of drug-likeness (QED) is 0.666. The Labute approximate surface area is 133 Å². The van der Waals surface area contributed by atoms with Gasteiger partial charge in [0.25, 0.3) is 0 Å². The summed E-state index contributed by atoms with van der Waals surface area (Å²) in [5.74, 6) is -1.57. The Hall–Kier alpha value is -2.84. The number of rotatable bonds is 2. The first-order chi connectivity index (χ1) is 11.2. The van der Waals surface area contributed by atoms with Gasteiger partial charge in [-0.15, -0.1) is 13.2 Å². The average molecular weight is 338 g/mol. The molecule has 0 atom stereocenters. The zero-order chi connectivity index (χ0) is 17.5. The summed E-state index contributed by atoms with van der Waals surface area (Å²) >= 11 is 0. The van der Waals surface area contributed by atoms with Gasteiger partial charge in [-0.25, -0.2) is 24.3 Å². The van der Waals surface area contributed by atoms with E-state index in [-0.39, 0.29) is 22.4 Å². The first-order valence-electron chi connectivity index (χ1n) is 6.76. The molecule has 5 nitrogen and oxygen atoms in total. The van der Waals surface area contributed by atoms with Crippen molar-refractivity contribution in [3.8, 4) is 17.0 Å². The van der Waals surface area contributed by atoms with Crippen LogP contribution in [0.2, 0.25) is 0 Å². The normalized spacial score (nSPS) is 11.8. The van der Waals surface area contributed by atoms with Crippen molar-refractivity contribution >= 4 is 11.2 Å². The van der Waals surface area contributed by atoms with Gasteiger partial charge in [0.15, 0.2) is 5.65 Å². The molecule has 9 heteroatoms. The topological polar surface area (TPSA) is 60.8 Å². The van der Waals surface area contributed by atoms with E-state index in [2.05, 4.69) is 24.7 Å². The zero-order valence-electron chi connectivity index (χ0n) is 12.5. The molecule has 0 saturated heterocycles. The zero-order valence-corrected chi connectivity index (χ0v) is 12.5. The highest BCUT2D eigenvalue weighted by molar-refractivity contribution is 5.86. The molecule has 0 fully saturated rings. The fraction of sp³-hybridized carbons (Fsp3) is 0.200. The maximum Gasteiger partial charge on any atom is 0.573 e. The number of hydrogen-bond donors (Lipinski definition) is 0. The first kappa shape index (κ1) is 16.0. The van der Waals surface area contributed by atoms with Crippen molar-refractivity contribution in [3.05, 3.63) is 41.7 Å². The van der Waals surface area contributed by atoms with Crippen molar-refractivity contribution in [1.82, 2.24) is 19.9 Å². The second-order valence-electron chi connectivity index (χ2n) is 4.98. The van der Waals surface area contributed by atoms with Crippen LogP contribution in [-0.4, -0.2) is 26.3 Å². The molecule has 0 spiro atoms.